The number of aromatic nitrogens is 2. The summed E-state index contributed by atoms with van der Waals surface area (Å²) in [6.07, 6.45) is 0.883. The number of hydrogen-bond acceptors (Lipinski definition) is 3. The third kappa shape index (κ3) is 2.66. The molecule has 2 aromatic rings. The van der Waals surface area contributed by atoms with Crippen molar-refractivity contribution in [3.05, 3.63) is 26.9 Å². The molecule has 16 heavy (non-hydrogen) atoms. The molecule has 3 nitrogen and oxygen atoms in total. The molecule has 0 saturated heterocycles. The fourth-order valence-corrected chi connectivity index (χ4v) is 3.07. The lowest BCUT2D eigenvalue weighted by atomic mass is 10.4. The van der Waals surface area contributed by atoms with Crippen LogP contribution in [-0.4, -0.2) is 23.6 Å². The molecule has 0 bridgehead atoms. The first-order chi connectivity index (χ1) is 7.70. The van der Waals surface area contributed by atoms with E-state index in [1.165, 1.54) is 11.3 Å². The molecular formula is C10H11BrClN3S. The van der Waals surface area contributed by atoms with Gasteiger partial charge in [0.05, 0.1) is 9.21 Å². The van der Waals surface area contributed by atoms with E-state index in [9.17, 15) is 0 Å². The molecule has 0 unspecified atom stereocenters. The van der Waals surface area contributed by atoms with Crippen LogP contribution in [-0.2, 0) is 6.42 Å². The molecule has 0 saturated carbocycles. The summed E-state index contributed by atoms with van der Waals surface area (Å²) in [5.74, 6) is 0.973. The maximum atomic E-state index is 5.91. The zero-order chi connectivity index (χ0) is 11.5. The SMILES string of the molecule is CNCCc1nc(-c2ccc(Cl)s2)c(Br)[nH]1. The minimum Gasteiger partial charge on any atom is -0.336 e. The molecule has 6 heteroatoms. The Balaban J connectivity index is 2.24. The van der Waals surface area contributed by atoms with E-state index in [2.05, 4.69) is 31.2 Å². The van der Waals surface area contributed by atoms with Gasteiger partial charge in [-0.15, -0.1) is 11.3 Å². The van der Waals surface area contributed by atoms with Gasteiger partial charge in [0.15, 0.2) is 0 Å². The number of thiophene rings is 1. The molecule has 0 spiro atoms. The second-order valence-corrected chi connectivity index (χ2v) is 5.81. The lowest BCUT2D eigenvalue weighted by Crippen LogP contribution is -2.11. The highest BCUT2D eigenvalue weighted by Gasteiger charge is 2.11. The van der Waals surface area contributed by atoms with E-state index in [1.807, 2.05) is 19.2 Å². The monoisotopic (exact) mass is 319 g/mol. The average molecular weight is 321 g/mol. The van der Waals surface area contributed by atoms with E-state index in [0.29, 0.717) is 0 Å². The fourth-order valence-electron chi connectivity index (χ4n) is 1.36. The summed E-state index contributed by atoms with van der Waals surface area (Å²) in [5, 5.41) is 3.09. The summed E-state index contributed by atoms with van der Waals surface area (Å²) >= 11 is 10.9. The van der Waals surface area contributed by atoms with Gasteiger partial charge in [-0.3, -0.25) is 0 Å². The number of nitrogens with zero attached hydrogens (tertiary/aromatic N) is 1. The first-order valence-electron chi connectivity index (χ1n) is 4.85. The molecule has 0 fully saturated rings. The molecule has 0 aliphatic carbocycles. The predicted molar refractivity (Wildman–Crippen MR) is 72.2 cm³/mol. The van der Waals surface area contributed by atoms with Crippen LogP contribution in [0.1, 0.15) is 5.82 Å². The van der Waals surface area contributed by atoms with Crippen LogP contribution in [0.2, 0.25) is 4.34 Å². The van der Waals surface area contributed by atoms with Gasteiger partial charge in [0.1, 0.15) is 16.1 Å². The van der Waals surface area contributed by atoms with Crippen molar-refractivity contribution in [3.63, 3.8) is 0 Å². The van der Waals surface area contributed by atoms with Gasteiger partial charge in [0, 0.05) is 13.0 Å². The quantitative estimate of drug-likeness (QED) is 0.907. The molecule has 0 atom stereocenters. The van der Waals surface area contributed by atoms with Crippen LogP contribution in [0.3, 0.4) is 0 Å². The Morgan fingerprint density at radius 3 is 3.00 bits per heavy atom. The normalized spacial score (nSPS) is 10.9. The Morgan fingerprint density at radius 1 is 1.56 bits per heavy atom. The van der Waals surface area contributed by atoms with Crippen LogP contribution >= 0.6 is 38.9 Å². The highest BCUT2D eigenvalue weighted by atomic mass is 79.9. The van der Waals surface area contributed by atoms with Crippen molar-refractivity contribution in [2.45, 2.75) is 6.42 Å². The Morgan fingerprint density at radius 2 is 2.38 bits per heavy atom. The van der Waals surface area contributed by atoms with Gasteiger partial charge in [-0.2, -0.15) is 0 Å². The largest absolute Gasteiger partial charge is 0.336 e. The molecule has 2 N–H and O–H groups in total. The van der Waals surface area contributed by atoms with E-state index >= 15 is 0 Å². The Hall–Kier alpha value is -0.360. The van der Waals surface area contributed by atoms with Crippen molar-refractivity contribution in [1.82, 2.24) is 15.3 Å². The molecule has 0 radical (unpaired) electrons. The van der Waals surface area contributed by atoms with Crippen LogP contribution in [0.15, 0.2) is 16.7 Å². The summed E-state index contributed by atoms with van der Waals surface area (Å²) in [6.45, 7) is 0.907. The van der Waals surface area contributed by atoms with Gasteiger partial charge >= 0.3 is 0 Å². The highest BCUT2D eigenvalue weighted by Crippen LogP contribution is 2.33. The molecule has 0 amide bonds. The van der Waals surface area contributed by atoms with E-state index in [4.69, 9.17) is 11.6 Å². The smallest absolute Gasteiger partial charge is 0.113 e. The van der Waals surface area contributed by atoms with E-state index in [1.54, 1.807) is 0 Å². The highest BCUT2D eigenvalue weighted by molar-refractivity contribution is 9.10. The number of rotatable bonds is 4. The molecule has 2 rings (SSSR count). The Bertz CT molecular complexity index is 480. The van der Waals surface area contributed by atoms with Crippen LogP contribution in [0.25, 0.3) is 10.6 Å². The zero-order valence-electron chi connectivity index (χ0n) is 8.68. The van der Waals surface area contributed by atoms with Crippen LogP contribution in [0, 0.1) is 0 Å². The zero-order valence-corrected chi connectivity index (χ0v) is 11.8. The summed E-state index contributed by atoms with van der Waals surface area (Å²) in [7, 11) is 1.93. The lowest BCUT2D eigenvalue weighted by Gasteiger charge is -1.93. The second-order valence-electron chi connectivity index (χ2n) is 3.30. The Labute approximate surface area is 111 Å². The van der Waals surface area contributed by atoms with E-state index in [-0.39, 0.29) is 0 Å². The Kier molecular flexibility index (Phi) is 4.02. The minimum absolute atomic E-state index is 0.779. The molecule has 0 aromatic carbocycles. The third-order valence-corrected chi connectivity index (χ3v) is 3.94. The molecule has 0 aliphatic rings. The summed E-state index contributed by atoms with van der Waals surface area (Å²) in [5.41, 5.74) is 0.933. The van der Waals surface area contributed by atoms with Crippen LogP contribution < -0.4 is 5.32 Å². The van der Waals surface area contributed by atoms with Crippen LogP contribution in [0.5, 0.6) is 0 Å². The third-order valence-electron chi connectivity index (χ3n) is 2.13. The number of likely N-dealkylation sites (N-methyl/N-ethyl adjacent to an activating group) is 1. The summed E-state index contributed by atoms with van der Waals surface area (Å²) in [6, 6.07) is 3.87. The van der Waals surface area contributed by atoms with Gasteiger partial charge < -0.3 is 10.3 Å². The number of imidazole rings is 1. The lowest BCUT2D eigenvalue weighted by molar-refractivity contribution is 0.764. The predicted octanol–water partition coefficient (Wildman–Crippen LogP) is 3.32. The minimum atomic E-state index is 0.779. The molecule has 86 valence electrons. The molecule has 0 aliphatic heterocycles. The van der Waals surface area contributed by atoms with Gasteiger partial charge in [-0.05, 0) is 35.1 Å². The second kappa shape index (κ2) is 5.31. The van der Waals surface area contributed by atoms with Gasteiger partial charge in [-0.1, -0.05) is 11.6 Å². The summed E-state index contributed by atoms with van der Waals surface area (Å²) in [4.78, 5) is 8.83. The van der Waals surface area contributed by atoms with Gasteiger partial charge in [-0.25, -0.2) is 4.98 Å². The van der Waals surface area contributed by atoms with Gasteiger partial charge in [0.25, 0.3) is 0 Å². The molecule has 2 heterocycles. The number of H-pyrrole nitrogens is 1. The number of halogens is 2. The summed E-state index contributed by atoms with van der Waals surface area (Å²) < 4.78 is 1.69. The number of hydrogen-bond donors (Lipinski definition) is 2. The first-order valence-corrected chi connectivity index (χ1v) is 6.84. The number of aromatic amines is 1. The van der Waals surface area contributed by atoms with Crippen molar-refractivity contribution in [2.75, 3.05) is 13.6 Å². The first kappa shape index (κ1) is 12.1. The maximum Gasteiger partial charge on any atom is 0.113 e. The van der Waals surface area contributed by atoms with Crippen LogP contribution in [0.4, 0.5) is 0 Å². The van der Waals surface area contributed by atoms with Crippen molar-refractivity contribution in [1.29, 1.82) is 0 Å². The topological polar surface area (TPSA) is 40.7 Å². The van der Waals surface area contributed by atoms with Crippen molar-refractivity contribution < 1.29 is 0 Å². The van der Waals surface area contributed by atoms with E-state index in [0.717, 1.165) is 38.3 Å². The molecule has 2 aromatic heterocycles. The maximum absolute atomic E-state index is 5.91. The van der Waals surface area contributed by atoms with Crippen molar-refractivity contribution >= 4 is 38.9 Å². The van der Waals surface area contributed by atoms with Crippen molar-refractivity contribution in [3.8, 4) is 10.6 Å². The fraction of sp³-hybridized carbons (Fsp3) is 0.300. The van der Waals surface area contributed by atoms with E-state index < -0.39 is 0 Å². The van der Waals surface area contributed by atoms with Gasteiger partial charge in [0.2, 0.25) is 0 Å². The standard InChI is InChI=1S/C10H11BrClN3S/c1-13-5-4-8-14-9(10(11)15-8)6-2-3-7(12)16-6/h2-3,13H,4-5H2,1H3,(H,14,15). The molecular weight excluding hydrogens is 310 g/mol. The number of nitrogens with one attached hydrogen (secondary N) is 2. The van der Waals surface area contributed by atoms with Crippen molar-refractivity contribution in [2.24, 2.45) is 0 Å². The average Bonchev–Trinajstić information content (AvgIpc) is 2.82.